The van der Waals surface area contributed by atoms with Crippen molar-refractivity contribution in [3.63, 3.8) is 0 Å². The number of aliphatic imine (C=N–C) groups is 1. The third-order valence-electron chi connectivity index (χ3n) is 3.38. The van der Waals surface area contributed by atoms with Crippen LogP contribution in [0, 0.1) is 0 Å². The van der Waals surface area contributed by atoms with Gasteiger partial charge in [0, 0.05) is 12.0 Å². The number of hydrogen-bond acceptors (Lipinski definition) is 4. The number of esters is 1. The maximum atomic E-state index is 12.1. The summed E-state index contributed by atoms with van der Waals surface area (Å²) in [6.07, 6.45) is 12.7. The minimum Gasteiger partial charge on any atom is -0.462 e. The van der Waals surface area contributed by atoms with Gasteiger partial charge in [-0.15, -0.1) is 11.8 Å². The molecule has 1 unspecified atom stereocenters. The number of allylic oxidation sites excluding steroid dienone is 4. The van der Waals surface area contributed by atoms with Crippen molar-refractivity contribution in [2.45, 2.75) is 18.1 Å². The number of hydrogen-bond donors (Lipinski definition) is 0. The maximum Gasteiger partial charge on any atom is 0.335 e. The van der Waals surface area contributed by atoms with Gasteiger partial charge >= 0.3 is 5.97 Å². The van der Waals surface area contributed by atoms with Gasteiger partial charge in [-0.1, -0.05) is 25.2 Å². The molecule has 2 aliphatic heterocycles. The van der Waals surface area contributed by atoms with E-state index < -0.39 is 0 Å². The number of ether oxygens (including phenoxy) is 1. The van der Waals surface area contributed by atoms with Crippen molar-refractivity contribution in [2.75, 3.05) is 12.4 Å². The van der Waals surface area contributed by atoms with Crippen LogP contribution in [0.2, 0.25) is 0 Å². The molecular weight excluding hydrogens is 258 g/mol. The smallest absolute Gasteiger partial charge is 0.335 e. The second kappa shape index (κ2) is 4.85. The van der Waals surface area contributed by atoms with Gasteiger partial charge in [0.1, 0.15) is 4.75 Å². The fourth-order valence-electron chi connectivity index (χ4n) is 2.47. The molecule has 3 aliphatic rings. The van der Waals surface area contributed by atoms with Crippen LogP contribution in [0.1, 0.15) is 13.3 Å². The van der Waals surface area contributed by atoms with Gasteiger partial charge in [0.2, 0.25) is 0 Å². The van der Waals surface area contributed by atoms with Gasteiger partial charge in [-0.2, -0.15) is 0 Å². The Morgan fingerprint density at radius 2 is 2.37 bits per heavy atom. The van der Waals surface area contributed by atoms with Gasteiger partial charge in [-0.3, -0.25) is 4.99 Å². The van der Waals surface area contributed by atoms with Crippen molar-refractivity contribution in [1.82, 2.24) is 0 Å². The molecule has 0 N–H and O–H groups in total. The highest BCUT2D eigenvalue weighted by molar-refractivity contribution is 8.02. The lowest BCUT2D eigenvalue weighted by atomic mass is 9.85. The van der Waals surface area contributed by atoms with Crippen molar-refractivity contribution in [3.05, 3.63) is 47.7 Å². The molecule has 3 rings (SSSR count). The SMILES string of the molecule is CCCOC(=O)C1=C2C=CN=C3C=CC=CC32SC1. The molecule has 1 aliphatic carbocycles. The Bertz CT molecular complexity index is 569. The van der Waals surface area contributed by atoms with E-state index >= 15 is 0 Å². The molecule has 98 valence electrons. The van der Waals surface area contributed by atoms with Gasteiger partial charge < -0.3 is 4.74 Å². The van der Waals surface area contributed by atoms with E-state index in [-0.39, 0.29) is 10.7 Å². The number of carbonyl (C=O) groups is 1. The molecular formula is C15H15NO2S. The first-order valence-electron chi connectivity index (χ1n) is 6.43. The zero-order valence-corrected chi connectivity index (χ0v) is 11.6. The predicted molar refractivity (Wildman–Crippen MR) is 78.3 cm³/mol. The first-order valence-corrected chi connectivity index (χ1v) is 7.42. The first-order chi connectivity index (χ1) is 9.28. The standard InChI is InChI=1S/C15H15NO2S/c1-2-9-18-14(17)11-10-19-15-7-4-3-5-13(15)16-8-6-12(11)15/h3-8H,2,9-10H2,1H3. The minimum absolute atomic E-state index is 0.185. The fourth-order valence-corrected chi connectivity index (χ4v) is 3.90. The molecule has 4 heteroatoms. The summed E-state index contributed by atoms with van der Waals surface area (Å²) in [4.78, 5) is 16.6. The summed E-state index contributed by atoms with van der Waals surface area (Å²) in [5.41, 5.74) is 2.81. The summed E-state index contributed by atoms with van der Waals surface area (Å²) in [5.74, 6) is 0.495. The summed E-state index contributed by atoms with van der Waals surface area (Å²) in [6, 6.07) is 0. The van der Waals surface area contributed by atoms with Crippen LogP contribution in [-0.2, 0) is 9.53 Å². The molecule has 1 atom stereocenters. The van der Waals surface area contributed by atoms with E-state index in [0.29, 0.717) is 12.4 Å². The highest BCUT2D eigenvalue weighted by Crippen LogP contribution is 2.48. The van der Waals surface area contributed by atoms with Crippen molar-refractivity contribution >= 4 is 23.4 Å². The van der Waals surface area contributed by atoms with E-state index in [4.69, 9.17) is 4.74 Å². The lowest BCUT2D eigenvalue weighted by Gasteiger charge is -2.30. The lowest BCUT2D eigenvalue weighted by molar-refractivity contribution is -0.138. The molecule has 0 aromatic heterocycles. The van der Waals surface area contributed by atoms with Gasteiger partial charge in [0.05, 0.1) is 17.9 Å². The lowest BCUT2D eigenvalue weighted by Crippen LogP contribution is -2.34. The monoisotopic (exact) mass is 273 g/mol. The van der Waals surface area contributed by atoms with Crippen LogP contribution in [0.5, 0.6) is 0 Å². The van der Waals surface area contributed by atoms with Crippen LogP contribution in [0.4, 0.5) is 0 Å². The Hall–Kier alpha value is -1.55. The van der Waals surface area contributed by atoms with E-state index in [1.807, 2.05) is 31.2 Å². The summed E-state index contributed by atoms with van der Waals surface area (Å²) in [7, 11) is 0. The molecule has 0 bridgehead atoms. The largest absolute Gasteiger partial charge is 0.462 e. The van der Waals surface area contributed by atoms with Crippen LogP contribution in [-0.4, -0.2) is 28.8 Å². The van der Waals surface area contributed by atoms with E-state index in [0.717, 1.165) is 23.3 Å². The average Bonchev–Trinajstić information content (AvgIpc) is 2.82. The van der Waals surface area contributed by atoms with E-state index in [2.05, 4.69) is 11.1 Å². The van der Waals surface area contributed by atoms with Crippen molar-refractivity contribution in [3.8, 4) is 0 Å². The van der Waals surface area contributed by atoms with Crippen LogP contribution in [0.3, 0.4) is 0 Å². The third kappa shape index (κ3) is 1.91. The molecule has 0 aromatic rings. The second-order valence-electron chi connectivity index (χ2n) is 4.60. The molecule has 19 heavy (non-hydrogen) atoms. The fraction of sp³-hybridized carbons (Fsp3) is 0.333. The van der Waals surface area contributed by atoms with Crippen LogP contribution in [0.25, 0.3) is 0 Å². The molecule has 0 aromatic carbocycles. The molecule has 0 amide bonds. The number of thioether (sulfide) groups is 1. The van der Waals surface area contributed by atoms with Crippen LogP contribution >= 0.6 is 11.8 Å². The number of rotatable bonds is 3. The Morgan fingerprint density at radius 3 is 3.21 bits per heavy atom. The second-order valence-corrected chi connectivity index (χ2v) is 5.82. The van der Waals surface area contributed by atoms with E-state index in [1.54, 1.807) is 18.0 Å². The normalized spacial score (nSPS) is 27.1. The minimum atomic E-state index is -0.274. The topological polar surface area (TPSA) is 38.7 Å². The summed E-state index contributed by atoms with van der Waals surface area (Å²) < 4.78 is 5.00. The summed E-state index contributed by atoms with van der Waals surface area (Å²) >= 11 is 1.73. The molecule has 1 spiro atoms. The van der Waals surface area contributed by atoms with Crippen LogP contribution in [0.15, 0.2) is 52.7 Å². The third-order valence-corrected chi connectivity index (χ3v) is 4.84. The van der Waals surface area contributed by atoms with E-state index in [1.165, 1.54) is 0 Å². The van der Waals surface area contributed by atoms with Gasteiger partial charge in [0.25, 0.3) is 0 Å². The molecule has 0 saturated heterocycles. The Labute approximate surface area is 116 Å². The Balaban J connectivity index is 1.98. The maximum absolute atomic E-state index is 12.1. The summed E-state index contributed by atoms with van der Waals surface area (Å²) in [5, 5.41) is 0. The average molecular weight is 273 g/mol. The van der Waals surface area contributed by atoms with Crippen molar-refractivity contribution < 1.29 is 9.53 Å². The quantitative estimate of drug-likeness (QED) is 0.742. The zero-order valence-electron chi connectivity index (χ0n) is 10.8. The first kappa shape index (κ1) is 12.5. The molecule has 0 saturated carbocycles. The molecule has 2 heterocycles. The highest BCUT2D eigenvalue weighted by Gasteiger charge is 2.45. The van der Waals surface area contributed by atoms with Gasteiger partial charge in [-0.05, 0) is 24.1 Å². The molecule has 3 nitrogen and oxygen atoms in total. The van der Waals surface area contributed by atoms with Gasteiger partial charge in [0.15, 0.2) is 0 Å². The summed E-state index contributed by atoms with van der Waals surface area (Å²) in [6.45, 7) is 2.48. The predicted octanol–water partition coefficient (Wildman–Crippen LogP) is 2.82. The van der Waals surface area contributed by atoms with E-state index in [9.17, 15) is 4.79 Å². The van der Waals surface area contributed by atoms with Crippen LogP contribution < -0.4 is 0 Å². The Morgan fingerprint density at radius 1 is 1.47 bits per heavy atom. The molecule has 0 fully saturated rings. The van der Waals surface area contributed by atoms with Crippen molar-refractivity contribution in [1.29, 1.82) is 0 Å². The highest BCUT2D eigenvalue weighted by atomic mass is 32.2. The zero-order chi connectivity index (χ0) is 13.3. The number of carbonyl (C=O) groups excluding carboxylic acids is 1. The van der Waals surface area contributed by atoms with Gasteiger partial charge in [-0.25, -0.2) is 4.79 Å². The van der Waals surface area contributed by atoms with Crippen molar-refractivity contribution in [2.24, 2.45) is 4.99 Å². The molecule has 0 radical (unpaired) electrons. The number of nitrogens with zero attached hydrogens (tertiary/aromatic N) is 1. The Kier molecular flexibility index (Phi) is 3.19.